The van der Waals surface area contributed by atoms with Crippen molar-refractivity contribution in [2.75, 3.05) is 5.32 Å². The zero-order valence-corrected chi connectivity index (χ0v) is 19.5. The second kappa shape index (κ2) is 11.8. The number of para-hydroxylation sites is 4. The molecular formula is C28H23N5O4. The van der Waals surface area contributed by atoms with Gasteiger partial charge >= 0.3 is 0 Å². The van der Waals surface area contributed by atoms with Gasteiger partial charge in [0.1, 0.15) is 11.5 Å². The molecule has 4 aromatic rings. The number of carbonyl (C=O) groups excluding carboxylic acids is 2. The summed E-state index contributed by atoms with van der Waals surface area (Å²) in [7, 11) is 0. The third-order valence-corrected chi connectivity index (χ3v) is 5.23. The monoisotopic (exact) mass is 493 g/mol. The number of phenolic OH excluding ortho intramolecular Hbond substituents is 2. The molecule has 0 heterocycles. The molecule has 184 valence electrons. The highest BCUT2D eigenvalue weighted by atomic mass is 16.3. The van der Waals surface area contributed by atoms with E-state index in [0.717, 1.165) is 0 Å². The van der Waals surface area contributed by atoms with Crippen molar-refractivity contribution in [3.8, 4) is 11.5 Å². The molecule has 4 aromatic carbocycles. The first-order chi connectivity index (χ1) is 18.0. The molecule has 0 aliphatic heterocycles. The number of anilines is 2. The van der Waals surface area contributed by atoms with Gasteiger partial charge in [0.05, 0.1) is 34.9 Å². The molecule has 0 saturated heterocycles. The standard InChI is InChI=1S/C28H23N5O4/c34-25-15-7-1-9-19(25)17-29-32-27(36)21-11-3-5-13-23(21)31-24-14-6-4-12-22(24)28(37)33-30-18-20-10-2-8-16-26(20)35/h1-18,31,34-35H,(H,32,36)(H,33,37)/b29-17+,30-18+. The van der Waals surface area contributed by atoms with Gasteiger partial charge in [-0.05, 0) is 48.5 Å². The summed E-state index contributed by atoms with van der Waals surface area (Å²) in [5.74, 6) is -0.877. The van der Waals surface area contributed by atoms with Gasteiger partial charge in [-0.2, -0.15) is 10.2 Å². The Kier molecular flexibility index (Phi) is 7.87. The fourth-order valence-corrected chi connectivity index (χ4v) is 3.36. The van der Waals surface area contributed by atoms with E-state index in [0.29, 0.717) is 33.6 Å². The summed E-state index contributed by atoms with van der Waals surface area (Å²) in [5.41, 5.74) is 7.31. The van der Waals surface area contributed by atoms with Crippen molar-refractivity contribution >= 4 is 35.6 Å². The highest BCUT2D eigenvalue weighted by Crippen LogP contribution is 2.24. The van der Waals surface area contributed by atoms with Crippen LogP contribution in [-0.4, -0.2) is 34.5 Å². The summed E-state index contributed by atoms with van der Waals surface area (Å²) in [4.78, 5) is 25.6. The van der Waals surface area contributed by atoms with E-state index >= 15 is 0 Å². The van der Waals surface area contributed by atoms with E-state index in [-0.39, 0.29) is 11.5 Å². The lowest BCUT2D eigenvalue weighted by Gasteiger charge is -2.14. The highest BCUT2D eigenvalue weighted by molar-refractivity contribution is 6.04. The Morgan fingerprint density at radius 3 is 1.38 bits per heavy atom. The number of hydrogen-bond donors (Lipinski definition) is 5. The summed E-state index contributed by atoms with van der Waals surface area (Å²) in [5, 5.41) is 30.6. The predicted molar refractivity (Wildman–Crippen MR) is 143 cm³/mol. The molecule has 0 radical (unpaired) electrons. The van der Waals surface area contributed by atoms with Crippen LogP contribution < -0.4 is 16.2 Å². The summed E-state index contributed by atoms with van der Waals surface area (Å²) in [6, 6.07) is 26.8. The van der Waals surface area contributed by atoms with Crippen LogP contribution in [0, 0.1) is 0 Å². The minimum Gasteiger partial charge on any atom is -0.507 e. The first-order valence-corrected chi connectivity index (χ1v) is 11.2. The number of nitrogens with zero attached hydrogens (tertiary/aromatic N) is 2. The van der Waals surface area contributed by atoms with Crippen molar-refractivity contribution in [1.82, 2.24) is 10.9 Å². The first-order valence-electron chi connectivity index (χ1n) is 11.2. The van der Waals surface area contributed by atoms with Crippen LogP contribution in [0.5, 0.6) is 11.5 Å². The molecule has 0 atom stereocenters. The Balaban J connectivity index is 1.48. The second-order valence-corrected chi connectivity index (χ2v) is 7.73. The summed E-state index contributed by atoms with van der Waals surface area (Å²) in [6.45, 7) is 0. The number of amides is 2. The van der Waals surface area contributed by atoms with Crippen LogP contribution in [0.3, 0.4) is 0 Å². The molecule has 0 saturated carbocycles. The Hall–Kier alpha value is -5.44. The Bertz CT molecular complexity index is 1370. The molecule has 4 rings (SSSR count). The molecule has 2 amide bonds. The molecule has 0 spiro atoms. The quantitative estimate of drug-likeness (QED) is 0.183. The second-order valence-electron chi connectivity index (χ2n) is 7.73. The van der Waals surface area contributed by atoms with E-state index < -0.39 is 11.8 Å². The van der Waals surface area contributed by atoms with Gasteiger partial charge < -0.3 is 15.5 Å². The number of rotatable bonds is 8. The molecule has 9 heteroatoms. The van der Waals surface area contributed by atoms with Gasteiger partial charge in [-0.1, -0.05) is 48.5 Å². The normalized spacial score (nSPS) is 10.9. The molecule has 37 heavy (non-hydrogen) atoms. The average Bonchev–Trinajstić information content (AvgIpc) is 2.91. The van der Waals surface area contributed by atoms with Crippen LogP contribution in [0.25, 0.3) is 0 Å². The van der Waals surface area contributed by atoms with E-state index in [1.165, 1.54) is 24.6 Å². The maximum Gasteiger partial charge on any atom is 0.273 e. The van der Waals surface area contributed by atoms with Crippen LogP contribution >= 0.6 is 0 Å². The molecular weight excluding hydrogens is 470 g/mol. The molecule has 9 nitrogen and oxygen atoms in total. The Morgan fingerprint density at radius 2 is 0.946 bits per heavy atom. The maximum absolute atomic E-state index is 12.8. The predicted octanol–water partition coefficient (Wildman–Crippen LogP) is 4.37. The van der Waals surface area contributed by atoms with E-state index in [4.69, 9.17) is 0 Å². The number of aromatic hydroxyl groups is 2. The Morgan fingerprint density at radius 1 is 0.568 bits per heavy atom. The topological polar surface area (TPSA) is 135 Å². The summed E-state index contributed by atoms with van der Waals surface area (Å²) >= 11 is 0. The number of phenols is 2. The third kappa shape index (κ3) is 6.37. The van der Waals surface area contributed by atoms with Gasteiger partial charge in [0, 0.05) is 11.1 Å². The van der Waals surface area contributed by atoms with E-state index in [1.54, 1.807) is 84.9 Å². The molecule has 0 aliphatic rings. The minimum atomic E-state index is -0.482. The molecule has 5 N–H and O–H groups in total. The van der Waals surface area contributed by atoms with Crippen molar-refractivity contribution in [3.63, 3.8) is 0 Å². The van der Waals surface area contributed by atoms with Crippen molar-refractivity contribution < 1.29 is 19.8 Å². The molecule has 0 aliphatic carbocycles. The zero-order valence-electron chi connectivity index (χ0n) is 19.5. The summed E-state index contributed by atoms with van der Waals surface area (Å²) < 4.78 is 0. The third-order valence-electron chi connectivity index (χ3n) is 5.23. The smallest absolute Gasteiger partial charge is 0.273 e. The number of carbonyl (C=O) groups is 2. The van der Waals surface area contributed by atoms with Crippen LogP contribution in [0.15, 0.2) is 107 Å². The number of benzene rings is 4. The number of hydrazone groups is 2. The highest BCUT2D eigenvalue weighted by Gasteiger charge is 2.15. The zero-order chi connectivity index (χ0) is 26.0. The Labute approximate surface area is 212 Å². The lowest BCUT2D eigenvalue weighted by Crippen LogP contribution is -2.20. The fourth-order valence-electron chi connectivity index (χ4n) is 3.36. The van der Waals surface area contributed by atoms with Crippen molar-refractivity contribution in [1.29, 1.82) is 0 Å². The van der Waals surface area contributed by atoms with Gasteiger partial charge in [-0.25, -0.2) is 10.9 Å². The maximum atomic E-state index is 12.8. The van der Waals surface area contributed by atoms with E-state index in [9.17, 15) is 19.8 Å². The number of nitrogens with one attached hydrogen (secondary N) is 3. The van der Waals surface area contributed by atoms with Crippen molar-refractivity contribution in [3.05, 3.63) is 119 Å². The lowest BCUT2D eigenvalue weighted by molar-refractivity contribution is 0.0948. The van der Waals surface area contributed by atoms with Gasteiger partial charge in [-0.15, -0.1) is 0 Å². The van der Waals surface area contributed by atoms with E-state index in [1.807, 2.05) is 0 Å². The van der Waals surface area contributed by atoms with Gasteiger partial charge in [0.15, 0.2) is 0 Å². The molecule has 0 aromatic heterocycles. The SMILES string of the molecule is O=C(N/N=C/c1ccccc1O)c1ccccc1Nc1ccccc1C(=O)N/N=C/c1ccccc1O. The molecule has 0 unspecified atom stereocenters. The number of hydrogen-bond acceptors (Lipinski definition) is 7. The summed E-state index contributed by atoms with van der Waals surface area (Å²) in [6.07, 6.45) is 2.69. The lowest BCUT2D eigenvalue weighted by atomic mass is 10.1. The van der Waals surface area contributed by atoms with Gasteiger partial charge in [0.2, 0.25) is 0 Å². The average molecular weight is 494 g/mol. The van der Waals surface area contributed by atoms with E-state index in [2.05, 4.69) is 26.4 Å². The molecule has 0 bridgehead atoms. The largest absolute Gasteiger partial charge is 0.507 e. The minimum absolute atomic E-state index is 0.0438. The van der Waals surface area contributed by atoms with Crippen molar-refractivity contribution in [2.24, 2.45) is 10.2 Å². The van der Waals surface area contributed by atoms with Crippen molar-refractivity contribution in [2.45, 2.75) is 0 Å². The van der Waals surface area contributed by atoms with Gasteiger partial charge in [-0.3, -0.25) is 9.59 Å². The van der Waals surface area contributed by atoms with Crippen LogP contribution in [0.1, 0.15) is 31.8 Å². The molecule has 0 fully saturated rings. The van der Waals surface area contributed by atoms with Crippen LogP contribution in [0.2, 0.25) is 0 Å². The van der Waals surface area contributed by atoms with Gasteiger partial charge in [0.25, 0.3) is 11.8 Å². The first kappa shape index (κ1) is 24.7. The fraction of sp³-hybridized carbons (Fsp3) is 0. The van der Waals surface area contributed by atoms with Crippen LogP contribution in [0.4, 0.5) is 11.4 Å². The van der Waals surface area contributed by atoms with Crippen LogP contribution in [-0.2, 0) is 0 Å².